The van der Waals surface area contributed by atoms with E-state index in [0.29, 0.717) is 11.4 Å². The van der Waals surface area contributed by atoms with Gasteiger partial charge in [0.15, 0.2) is 0 Å². The number of halogens is 3. The number of nitrogens with two attached hydrogens (primary N) is 1. The van der Waals surface area contributed by atoms with Crippen molar-refractivity contribution in [3.8, 4) is 5.75 Å². The van der Waals surface area contributed by atoms with Crippen LogP contribution in [0.2, 0.25) is 0 Å². The average molecular weight is 296 g/mol. The quantitative estimate of drug-likeness (QED) is 0.868. The highest BCUT2D eigenvalue weighted by molar-refractivity contribution is 5.69. The summed E-state index contributed by atoms with van der Waals surface area (Å²) in [6.45, 7) is 0. The molecule has 0 radical (unpaired) electrons. The van der Waals surface area contributed by atoms with E-state index in [4.69, 9.17) is 10.5 Å². The topological polar surface area (TPSA) is 38.5 Å². The van der Waals surface area contributed by atoms with Gasteiger partial charge in [-0.2, -0.15) is 13.2 Å². The molecule has 3 nitrogen and oxygen atoms in total. The van der Waals surface area contributed by atoms with E-state index in [-0.39, 0.29) is 11.4 Å². The van der Waals surface area contributed by atoms with Crippen LogP contribution < -0.4 is 15.4 Å². The Balaban J connectivity index is 2.50. The molecule has 0 unspecified atom stereocenters. The predicted octanol–water partition coefficient (Wildman–Crippen LogP) is 4.06. The van der Waals surface area contributed by atoms with Gasteiger partial charge in [-0.25, -0.2) is 0 Å². The van der Waals surface area contributed by atoms with Crippen LogP contribution in [0.15, 0.2) is 42.5 Å². The molecule has 112 valence electrons. The Morgan fingerprint density at radius 2 is 1.81 bits per heavy atom. The molecule has 0 amide bonds. The van der Waals surface area contributed by atoms with E-state index in [1.54, 1.807) is 31.3 Å². The van der Waals surface area contributed by atoms with Crippen LogP contribution >= 0.6 is 0 Å². The normalized spacial score (nSPS) is 11.3. The molecule has 0 aliphatic rings. The predicted molar refractivity (Wildman–Crippen MR) is 76.9 cm³/mol. The molecule has 0 bridgehead atoms. The third-order valence-electron chi connectivity index (χ3n) is 3.13. The highest BCUT2D eigenvalue weighted by Crippen LogP contribution is 2.39. The second-order valence-corrected chi connectivity index (χ2v) is 4.53. The monoisotopic (exact) mass is 296 g/mol. The van der Waals surface area contributed by atoms with Crippen LogP contribution in [0.25, 0.3) is 0 Å². The Morgan fingerprint density at radius 1 is 1.10 bits per heavy atom. The number of benzene rings is 2. The van der Waals surface area contributed by atoms with Gasteiger partial charge in [-0.15, -0.1) is 0 Å². The lowest BCUT2D eigenvalue weighted by Gasteiger charge is -2.24. The van der Waals surface area contributed by atoms with Gasteiger partial charge < -0.3 is 15.4 Å². The second kappa shape index (κ2) is 5.55. The van der Waals surface area contributed by atoms with Gasteiger partial charge in [-0.1, -0.05) is 6.07 Å². The van der Waals surface area contributed by atoms with Crippen LogP contribution in [-0.2, 0) is 6.18 Å². The summed E-state index contributed by atoms with van der Waals surface area (Å²) in [5.41, 5.74) is 5.39. The Kier molecular flexibility index (Phi) is 3.97. The Morgan fingerprint density at radius 3 is 2.43 bits per heavy atom. The average Bonchev–Trinajstić information content (AvgIpc) is 2.45. The molecule has 0 spiro atoms. The molecule has 0 aliphatic carbocycles. The molecule has 0 heterocycles. The fourth-order valence-corrected chi connectivity index (χ4v) is 2.03. The minimum atomic E-state index is -4.47. The third-order valence-corrected chi connectivity index (χ3v) is 3.13. The number of anilines is 3. The van der Waals surface area contributed by atoms with E-state index in [2.05, 4.69) is 0 Å². The zero-order valence-corrected chi connectivity index (χ0v) is 11.6. The number of hydrogen-bond acceptors (Lipinski definition) is 3. The summed E-state index contributed by atoms with van der Waals surface area (Å²) in [6, 6.07) is 10.6. The van der Waals surface area contributed by atoms with Crippen molar-refractivity contribution in [2.45, 2.75) is 6.18 Å². The summed E-state index contributed by atoms with van der Waals surface area (Å²) in [7, 11) is 3.07. The molecule has 0 aromatic heterocycles. The van der Waals surface area contributed by atoms with Gasteiger partial charge in [0.25, 0.3) is 0 Å². The van der Waals surface area contributed by atoms with Gasteiger partial charge >= 0.3 is 6.18 Å². The van der Waals surface area contributed by atoms with Gasteiger partial charge in [-0.3, -0.25) is 0 Å². The lowest BCUT2D eigenvalue weighted by atomic mass is 10.1. The third kappa shape index (κ3) is 3.21. The maximum atomic E-state index is 13.1. The van der Waals surface area contributed by atoms with Crippen molar-refractivity contribution in [2.75, 3.05) is 24.8 Å². The number of nitrogens with zero attached hydrogens (tertiary/aromatic N) is 1. The van der Waals surface area contributed by atoms with Gasteiger partial charge in [0.05, 0.1) is 18.4 Å². The number of alkyl halides is 3. The first-order valence-electron chi connectivity index (χ1n) is 6.17. The summed E-state index contributed by atoms with van der Waals surface area (Å²) in [6.07, 6.45) is -4.47. The van der Waals surface area contributed by atoms with Crippen LogP contribution in [0.5, 0.6) is 5.75 Å². The van der Waals surface area contributed by atoms with E-state index in [9.17, 15) is 13.2 Å². The van der Waals surface area contributed by atoms with Crippen molar-refractivity contribution in [1.29, 1.82) is 0 Å². The zero-order valence-electron chi connectivity index (χ0n) is 11.6. The molecular formula is C15H15F3N2O. The summed E-state index contributed by atoms with van der Waals surface area (Å²) in [4.78, 5) is 1.45. The highest BCUT2D eigenvalue weighted by atomic mass is 19.4. The van der Waals surface area contributed by atoms with Gasteiger partial charge in [0, 0.05) is 24.5 Å². The molecule has 2 rings (SSSR count). The van der Waals surface area contributed by atoms with Crippen LogP contribution in [0.1, 0.15) is 5.56 Å². The maximum absolute atomic E-state index is 13.1. The minimum absolute atomic E-state index is 0.0324. The first-order chi connectivity index (χ1) is 9.82. The van der Waals surface area contributed by atoms with Crippen molar-refractivity contribution >= 4 is 17.1 Å². The van der Waals surface area contributed by atoms with Crippen LogP contribution in [-0.4, -0.2) is 14.2 Å². The molecule has 2 aromatic carbocycles. The molecule has 6 heteroatoms. The second-order valence-electron chi connectivity index (χ2n) is 4.53. The van der Waals surface area contributed by atoms with E-state index >= 15 is 0 Å². The minimum Gasteiger partial charge on any atom is -0.497 e. The molecule has 2 aromatic rings. The molecule has 0 saturated carbocycles. The van der Waals surface area contributed by atoms with Crippen molar-refractivity contribution in [3.63, 3.8) is 0 Å². The van der Waals surface area contributed by atoms with Crippen LogP contribution in [0.4, 0.5) is 30.2 Å². The summed E-state index contributed by atoms with van der Waals surface area (Å²) >= 11 is 0. The van der Waals surface area contributed by atoms with Crippen LogP contribution in [0.3, 0.4) is 0 Å². The van der Waals surface area contributed by atoms with Crippen molar-refractivity contribution in [3.05, 3.63) is 48.0 Å². The molecule has 0 atom stereocenters. The Labute approximate surface area is 120 Å². The lowest BCUT2D eigenvalue weighted by Crippen LogP contribution is -2.17. The van der Waals surface area contributed by atoms with Gasteiger partial charge in [0.1, 0.15) is 5.75 Å². The van der Waals surface area contributed by atoms with E-state index < -0.39 is 11.7 Å². The van der Waals surface area contributed by atoms with Crippen molar-refractivity contribution in [2.24, 2.45) is 0 Å². The van der Waals surface area contributed by atoms with E-state index in [1.165, 1.54) is 24.1 Å². The number of rotatable bonds is 3. The molecule has 2 N–H and O–H groups in total. The van der Waals surface area contributed by atoms with Gasteiger partial charge in [-0.05, 0) is 30.3 Å². The van der Waals surface area contributed by atoms with Crippen molar-refractivity contribution < 1.29 is 17.9 Å². The maximum Gasteiger partial charge on any atom is 0.418 e. The molecule has 0 saturated heterocycles. The summed E-state index contributed by atoms with van der Waals surface area (Å²) < 4.78 is 44.5. The number of nitrogen functional groups attached to an aromatic ring is 1. The number of hydrogen-bond donors (Lipinski definition) is 1. The zero-order chi connectivity index (χ0) is 15.6. The first kappa shape index (κ1) is 15.0. The standard InChI is InChI=1S/C15H15F3N2O/c1-20(11-4-3-5-12(9-11)21-2)14-7-6-10(19)8-13(14)15(16,17)18/h3-9H,19H2,1-2H3. The largest absolute Gasteiger partial charge is 0.497 e. The molecule has 21 heavy (non-hydrogen) atoms. The summed E-state index contributed by atoms with van der Waals surface area (Å²) in [5, 5.41) is 0. The number of ether oxygens (including phenoxy) is 1. The smallest absolute Gasteiger partial charge is 0.418 e. The Hall–Kier alpha value is -2.37. The van der Waals surface area contributed by atoms with Crippen LogP contribution in [0, 0.1) is 0 Å². The fraction of sp³-hybridized carbons (Fsp3) is 0.200. The van der Waals surface area contributed by atoms with E-state index in [1.807, 2.05) is 0 Å². The van der Waals surface area contributed by atoms with Crippen molar-refractivity contribution in [1.82, 2.24) is 0 Å². The SMILES string of the molecule is COc1cccc(N(C)c2ccc(N)cc2C(F)(F)F)c1. The first-order valence-corrected chi connectivity index (χ1v) is 6.17. The summed E-state index contributed by atoms with van der Waals surface area (Å²) in [5.74, 6) is 0.573. The molecular weight excluding hydrogens is 281 g/mol. The van der Waals surface area contributed by atoms with Gasteiger partial charge in [0.2, 0.25) is 0 Å². The van der Waals surface area contributed by atoms with E-state index in [0.717, 1.165) is 6.07 Å². The fourth-order valence-electron chi connectivity index (χ4n) is 2.03. The number of methoxy groups -OCH3 is 1. The Bertz CT molecular complexity index is 641. The molecule has 0 aliphatic heterocycles. The molecule has 0 fully saturated rings. The lowest BCUT2D eigenvalue weighted by molar-refractivity contribution is -0.137. The highest BCUT2D eigenvalue weighted by Gasteiger charge is 2.34.